The molecule has 1 heterocycles. The Balaban J connectivity index is 2.57. The summed E-state index contributed by atoms with van der Waals surface area (Å²) >= 11 is 0. The smallest absolute Gasteiger partial charge is 0.129 e. The summed E-state index contributed by atoms with van der Waals surface area (Å²) in [4.78, 5) is 2.98. The maximum atomic E-state index is 12.3. The summed E-state index contributed by atoms with van der Waals surface area (Å²) in [5, 5.41) is 1.02. The lowest BCUT2D eigenvalue weighted by atomic mass is 10.1. The Morgan fingerprint density at radius 1 is 1.31 bits per heavy atom. The minimum Gasteiger partial charge on any atom is -0.356 e. The molecular weight excluding hydrogens is 167 g/mol. The molecular formula is C10H11FN2. The molecule has 0 fully saturated rings. The molecule has 3 heteroatoms. The number of benzene rings is 1. The summed E-state index contributed by atoms with van der Waals surface area (Å²) in [5.74, 6) is 0. The van der Waals surface area contributed by atoms with Crippen molar-refractivity contribution in [1.82, 2.24) is 4.98 Å². The summed E-state index contributed by atoms with van der Waals surface area (Å²) in [6, 6.07) is 7.66. The zero-order valence-corrected chi connectivity index (χ0v) is 7.18. The number of nitrogens with two attached hydrogens (primary N) is 1. The number of fused-ring (bicyclic) bond motifs is 1. The number of alkyl halides is 1. The van der Waals surface area contributed by atoms with Gasteiger partial charge in [0.05, 0.1) is 0 Å². The molecule has 0 aliphatic carbocycles. The number of H-pyrrole nitrogens is 1. The zero-order chi connectivity index (χ0) is 9.26. The van der Waals surface area contributed by atoms with E-state index in [1.54, 1.807) is 0 Å². The molecule has 2 rings (SSSR count). The predicted octanol–water partition coefficient (Wildman–Crippen LogP) is 2.10. The average molecular weight is 178 g/mol. The van der Waals surface area contributed by atoms with Crippen molar-refractivity contribution >= 4 is 10.9 Å². The van der Waals surface area contributed by atoms with Crippen LogP contribution in [0.25, 0.3) is 10.9 Å². The van der Waals surface area contributed by atoms with E-state index in [0.29, 0.717) is 12.2 Å². The van der Waals surface area contributed by atoms with Crippen molar-refractivity contribution in [1.29, 1.82) is 0 Å². The SMILES string of the molecule is NCc1ccc2[nH]c(CF)cc2c1. The van der Waals surface area contributed by atoms with E-state index in [9.17, 15) is 4.39 Å². The summed E-state index contributed by atoms with van der Waals surface area (Å²) in [7, 11) is 0. The highest BCUT2D eigenvalue weighted by Gasteiger charge is 2.00. The molecule has 1 aromatic carbocycles. The fraction of sp³-hybridized carbons (Fsp3) is 0.200. The van der Waals surface area contributed by atoms with Gasteiger partial charge in [-0.05, 0) is 23.8 Å². The van der Waals surface area contributed by atoms with Crippen LogP contribution in [0.3, 0.4) is 0 Å². The number of hydrogen-bond donors (Lipinski definition) is 2. The van der Waals surface area contributed by atoms with E-state index in [-0.39, 0.29) is 0 Å². The number of aromatic nitrogens is 1. The lowest BCUT2D eigenvalue weighted by molar-refractivity contribution is 0.478. The quantitative estimate of drug-likeness (QED) is 0.726. The molecule has 0 unspecified atom stereocenters. The van der Waals surface area contributed by atoms with Gasteiger partial charge in [-0.3, -0.25) is 0 Å². The van der Waals surface area contributed by atoms with E-state index >= 15 is 0 Å². The van der Waals surface area contributed by atoms with Gasteiger partial charge in [-0.15, -0.1) is 0 Å². The molecule has 2 nitrogen and oxygen atoms in total. The van der Waals surface area contributed by atoms with Gasteiger partial charge in [-0.2, -0.15) is 0 Å². The van der Waals surface area contributed by atoms with Crippen LogP contribution in [-0.4, -0.2) is 4.98 Å². The van der Waals surface area contributed by atoms with Gasteiger partial charge in [0.2, 0.25) is 0 Å². The maximum absolute atomic E-state index is 12.3. The summed E-state index contributed by atoms with van der Waals surface area (Å²) in [6.07, 6.45) is 0. The Hall–Kier alpha value is -1.35. The summed E-state index contributed by atoms with van der Waals surface area (Å²) < 4.78 is 12.3. The molecule has 0 saturated heterocycles. The van der Waals surface area contributed by atoms with Gasteiger partial charge in [0.15, 0.2) is 0 Å². The largest absolute Gasteiger partial charge is 0.356 e. The van der Waals surface area contributed by atoms with Crippen LogP contribution < -0.4 is 5.73 Å². The van der Waals surface area contributed by atoms with Gasteiger partial charge >= 0.3 is 0 Å². The highest BCUT2D eigenvalue weighted by atomic mass is 19.1. The van der Waals surface area contributed by atoms with Crippen molar-refractivity contribution in [3.8, 4) is 0 Å². The molecule has 3 N–H and O–H groups in total. The van der Waals surface area contributed by atoms with Gasteiger partial charge in [0, 0.05) is 23.1 Å². The number of hydrogen-bond acceptors (Lipinski definition) is 1. The third-order valence-electron chi connectivity index (χ3n) is 2.12. The Morgan fingerprint density at radius 2 is 2.15 bits per heavy atom. The van der Waals surface area contributed by atoms with Crippen molar-refractivity contribution in [2.45, 2.75) is 13.2 Å². The lowest BCUT2D eigenvalue weighted by Gasteiger charge is -1.94. The second-order valence-corrected chi connectivity index (χ2v) is 3.05. The second kappa shape index (κ2) is 3.18. The topological polar surface area (TPSA) is 41.8 Å². The van der Waals surface area contributed by atoms with E-state index in [0.717, 1.165) is 16.5 Å². The van der Waals surface area contributed by atoms with Crippen LogP contribution in [0.4, 0.5) is 4.39 Å². The first-order chi connectivity index (χ1) is 6.33. The minimum atomic E-state index is -0.452. The Morgan fingerprint density at radius 3 is 2.85 bits per heavy atom. The first-order valence-corrected chi connectivity index (χ1v) is 4.20. The number of nitrogens with one attached hydrogen (secondary N) is 1. The van der Waals surface area contributed by atoms with E-state index in [1.807, 2.05) is 24.3 Å². The summed E-state index contributed by atoms with van der Waals surface area (Å²) in [5.41, 5.74) is 8.14. The molecule has 0 spiro atoms. The molecule has 0 aliphatic rings. The van der Waals surface area contributed by atoms with Crippen molar-refractivity contribution < 1.29 is 4.39 Å². The Labute approximate surface area is 75.6 Å². The van der Waals surface area contributed by atoms with Crippen molar-refractivity contribution in [2.24, 2.45) is 5.73 Å². The minimum absolute atomic E-state index is 0.452. The van der Waals surface area contributed by atoms with Crippen LogP contribution in [0.5, 0.6) is 0 Å². The maximum Gasteiger partial charge on any atom is 0.129 e. The molecule has 1 aromatic heterocycles. The standard InChI is InChI=1S/C10H11FN2/c11-5-9-4-8-3-7(6-12)1-2-10(8)13-9/h1-4,13H,5-6,12H2. The van der Waals surface area contributed by atoms with Crippen molar-refractivity contribution in [3.05, 3.63) is 35.5 Å². The van der Waals surface area contributed by atoms with Crippen LogP contribution in [0.15, 0.2) is 24.3 Å². The molecule has 0 saturated carbocycles. The third-order valence-corrected chi connectivity index (χ3v) is 2.12. The molecule has 0 radical (unpaired) electrons. The highest BCUT2D eigenvalue weighted by molar-refractivity contribution is 5.81. The third kappa shape index (κ3) is 1.42. The first kappa shape index (κ1) is 8.26. The molecule has 2 aromatic rings. The molecule has 0 bridgehead atoms. The van der Waals surface area contributed by atoms with Crippen molar-refractivity contribution in [3.63, 3.8) is 0 Å². The number of rotatable bonds is 2. The molecule has 0 amide bonds. The Kier molecular flexibility index (Phi) is 2.02. The molecule has 68 valence electrons. The normalized spacial score (nSPS) is 10.9. The Bertz CT molecular complexity index is 418. The van der Waals surface area contributed by atoms with Gasteiger partial charge < -0.3 is 10.7 Å². The fourth-order valence-corrected chi connectivity index (χ4v) is 1.44. The molecule has 13 heavy (non-hydrogen) atoms. The van der Waals surface area contributed by atoms with Crippen LogP contribution in [0.2, 0.25) is 0 Å². The van der Waals surface area contributed by atoms with Crippen LogP contribution in [0, 0.1) is 0 Å². The van der Waals surface area contributed by atoms with Gasteiger partial charge in [-0.1, -0.05) is 6.07 Å². The van der Waals surface area contributed by atoms with E-state index in [1.165, 1.54) is 0 Å². The van der Waals surface area contributed by atoms with E-state index in [4.69, 9.17) is 5.73 Å². The highest BCUT2D eigenvalue weighted by Crippen LogP contribution is 2.17. The monoisotopic (exact) mass is 178 g/mol. The zero-order valence-electron chi connectivity index (χ0n) is 7.18. The average Bonchev–Trinajstić information content (AvgIpc) is 2.58. The fourth-order valence-electron chi connectivity index (χ4n) is 1.44. The predicted molar refractivity (Wildman–Crippen MR) is 51.0 cm³/mol. The van der Waals surface area contributed by atoms with Crippen LogP contribution in [0.1, 0.15) is 11.3 Å². The first-order valence-electron chi connectivity index (χ1n) is 4.20. The van der Waals surface area contributed by atoms with Gasteiger partial charge in [0.1, 0.15) is 6.67 Å². The molecule has 0 atom stereocenters. The van der Waals surface area contributed by atoms with E-state index < -0.39 is 6.67 Å². The van der Waals surface area contributed by atoms with Gasteiger partial charge in [-0.25, -0.2) is 4.39 Å². The lowest BCUT2D eigenvalue weighted by Crippen LogP contribution is -1.94. The summed E-state index contributed by atoms with van der Waals surface area (Å²) in [6.45, 7) is 0.0682. The number of aromatic amines is 1. The van der Waals surface area contributed by atoms with E-state index in [2.05, 4.69) is 4.98 Å². The van der Waals surface area contributed by atoms with Crippen LogP contribution >= 0.6 is 0 Å². The van der Waals surface area contributed by atoms with Gasteiger partial charge in [0.25, 0.3) is 0 Å². The number of halogens is 1. The van der Waals surface area contributed by atoms with Crippen molar-refractivity contribution in [2.75, 3.05) is 0 Å². The molecule has 0 aliphatic heterocycles. The second-order valence-electron chi connectivity index (χ2n) is 3.05. The van der Waals surface area contributed by atoms with Crippen LogP contribution in [-0.2, 0) is 13.2 Å².